The SMILES string of the molecule is Cc1cccc([C@@H](C)NCc2cnn(C(C)C)c2)c1. The first-order valence-corrected chi connectivity index (χ1v) is 6.89. The van der Waals surface area contributed by atoms with Gasteiger partial charge < -0.3 is 5.32 Å². The maximum atomic E-state index is 4.36. The summed E-state index contributed by atoms with van der Waals surface area (Å²) in [4.78, 5) is 0. The second kappa shape index (κ2) is 6.02. The van der Waals surface area contributed by atoms with Crippen LogP contribution in [0.1, 0.15) is 49.5 Å². The highest BCUT2D eigenvalue weighted by Crippen LogP contribution is 2.14. The summed E-state index contributed by atoms with van der Waals surface area (Å²) in [7, 11) is 0. The van der Waals surface area contributed by atoms with Crippen molar-refractivity contribution in [2.75, 3.05) is 0 Å². The van der Waals surface area contributed by atoms with E-state index in [9.17, 15) is 0 Å². The predicted octanol–water partition coefficient (Wildman–Crippen LogP) is 3.62. The summed E-state index contributed by atoms with van der Waals surface area (Å²) in [5.41, 5.74) is 3.86. The average Bonchev–Trinajstić information content (AvgIpc) is 2.85. The van der Waals surface area contributed by atoms with Crippen LogP contribution in [0.5, 0.6) is 0 Å². The minimum Gasteiger partial charge on any atom is -0.306 e. The zero-order valence-corrected chi connectivity index (χ0v) is 12.2. The number of hydrogen-bond acceptors (Lipinski definition) is 2. The maximum Gasteiger partial charge on any atom is 0.0534 e. The fourth-order valence-corrected chi connectivity index (χ4v) is 2.08. The van der Waals surface area contributed by atoms with Gasteiger partial charge in [-0.05, 0) is 33.3 Å². The molecule has 0 amide bonds. The van der Waals surface area contributed by atoms with Gasteiger partial charge in [0.1, 0.15) is 0 Å². The summed E-state index contributed by atoms with van der Waals surface area (Å²) in [6.07, 6.45) is 4.05. The molecule has 0 spiro atoms. The van der Waals surface area contributed by atoms with Crippen LogP contribution in [-0.2, 0) is 6.54 Å². The highest BCUT2D eigenvalue weighted by molar-refractivity contribution is 5.24. The molecule has 1 aromatic heterocycles. The lowest BCUT2D eigenvalue weighted by Crippen LogP contribution is -2.17. The van der Waals surface area contributed by atoms with Crippen LogP contribution in [0, 0.1) is 6.92 Å². The molecule has 0 fully saturated rings. The molecular weight excluding hydrogens is 234 g/mol. The summed E-state index contributed by atoms with van der Waals surface area (Å²) in [5.74, 6) is 0. The van der Waals surface area contributed by atoms with Crippen LogP contribution in [0.15, 0.2) is 36.7 Å². The van der Waals surface area contributed by atoms with Crippen molar-refractivity contribution in [2.24, 2.45) is 0 Å². The third kappa shape index (κ3) is 3.67. The fraction of sp³-hybridized carbons (Fsp3) is 0.438. The molecule has 102 valence electrons. The maximum absolute atomic E-state index is 4.36. The molecule has 0 saturated heterocycles. The molecule has 0 aliphatic rings. The molecule has 0 aliphatic heterocycles. The zero-order valence-electron chi connectivity index (χ0n) is 12.2. The number of aromatic nitrogens is 2. The second-order valence-electron chi connectivity index (χ2n) is 5.44. The third-order valence-corrected chi connectivity index (χ3v) is 3.34. The van der Waals surface area contributed by atoms with Crippen LogP contribution in [-0.4, -0.2) is 9.78 Å². The van der Waals surface area contributed by atoms with Gasteiger partial charge in [0.15, 0.2) is 0 Å². The van der Waals surface area contributed by atoms with Crippen molar-refractivity contribution in [2.45, 2.75) is 46.3 Å². The van der Waals surface area contributed by atoms with E-state index in [1.54, 1.807) is 0 Å². The van der Waals surface area contributed by atoms with Crippen LogP contribution >= 0.6 is 0 Å². The van der Waals surface area contributed by atoms with E-state index in [4.69, 9.17) is 0 Å². The molecule has 3 heteroatoms. The summed E-state index contributed by atoms with van der Waals surface area (Å²) in [6, 6.07) is 9.41. The number of rotatable bonds is 5. The van der Waals surface area contributed by atoms with Gasteiger partial charge in [-0.1, -0.05) is 29.8 Å². The minimum absolute atomic E-state index is 0.349. The van der Waals surface area contributed by atoms with Crippen molar-refractivity contribution >= 4 is 0 Å². The van der Waals surface area contributed by atoms with E-state index < -0.39 is 0 Å². The van der Waals surface area contributed by atoms with E-state index in [0.29, 0.717) is 12.1 Å². The van der Waals surface area contributed by atoms with Gasteiger partial charge in [0.25, 0.3) is 0 Å². The number of aryl methyl sites for hydroxylation is 1. The Labute approximate surface area is 115 Å². The Kier molecular flexibility index (Phi) is 4.38. The Balaban J connectivity index is 1.94. The third-order valence-electron chi connectivity index (χ3n) is 3.34. The van der Waals surface area contributed by atoms with Crippen molar-refractivity contribution in [3.8, 4) is 0 Å². The van der Waals surface area contributed by atoms with E-state index in [2.05, 4.69) is 68.6 Å². The van der Waals surface area contributed by atoms with Crippen LogP contribution in [0.2, 0.25) is 0 Å². The van der Waals surface area contributed by atoms with Gasteiger partial charge in [0.05, 0.1) is 6.20 Å². The Morgan fingerprint density at radius 2 is 2.05 bits per heavy atom. The quantitative estimate of drug-likeness (QED) is 0.886. The molecule has 0 unspecified atom stereocenters. The van der Waals surface area contributed by atoms with Crippen molar-refractivity contribution in [3.63, 3.8) is 0 Å². The minimum atomic E-state index is 0.349. The Hall–Kier alpha value is -1.61. The van der Waals surface area contributed by atoms with Crippen LogP contribution < -0.4 is 5.32 Å². The monoisotopic (exact) mass is 257 g/mol. The van der Waals surface area contributed by atoms with Gasteiger partial charge in [0.2, 0.25) is 0 Å². The lowest BCUT2D eigenvalue weighted by atomic mass is 10.1. The smallest absolute Gasteiger partial charge is 0.0534 e. The predicted molar refractivity (Wildman–Crippen MR) is 79.0 cm³/mol. The summed E-state index contributed by atoms with van der Waals surface area (Å²) in [6.45, 7) is 9.45. The van der Waals surface area contributed by atoms with E-state index in [1.807, 2.05) is 10.9 Å². The standard InChI is InChI=1S/C16H23N3/c1-12(2)19-11-15(10-18-19)9-17-14(4)16-7-5-6-13(3)8-16/h5-8,10-12,14,17H,9H2,1-4H3/t14-/m1/s1. The fourth-order valence-electron chi connectivity index (χ4n) is 2.08. The molecule has 2 aromatic rings. The molecule has 19 heavy (non-hydrogen) atoms. The lowest BCUT2D eigenvalue weighted by molar-refractivity contribution is 0.530. The second-order valence-corrected chi connectivity index (χ2v) is 5.44. The van der Waals surface area contributed by atoms with Crippen molar-refractivity contribution < 1.29 is 0 Å². The molecule has 1 atom stereocenters. The molecule has 2 rings (SSSR count). The highest BCUT2D eigenvalue weighted by atomic mass is 15.3. The van der Waals surface area contributed by atoms with Gasteiger partial charge in [-0.15, -0.1) is 0 Å². The number of nitrogens with one attached hydrogen (secondary N) is 1. The molecule has 1 aromatic carbocycles. The largest absolute Gasteiger partial charge is 0.306 e. The number of nitrogens with zero attached hydrogens (tertiary/aromatic N) is 2. The molecule has 3 nitrogen and oxygen atoms in total. The molecule has 0 bridgehead atoms. The van der Waals surface area contributed by atoms with Gasteiger partial charge in [-0.2, -0.15) is 5.10 Å². The average molecular weight is 257 g/mol. The van der Waals surface area contributed by atoms with Gasteiger partial charge >= 0.3 is 0 Å². The first-order valence-electron chi connectivity index (χ1n) is 6.89. The zero-order chi connectivity index (χ0) is 13.8. The van der Waals surface area contributed by atoms with Crippen molar-refractivity contribution in [1.29, 1.82) is 0 Å². The molecule has 1 heterocycles. The van der Waals surface area contributed by atoms with Crippen LogP contribution in [0.3, 0.4) is 0 Å². The number of benzene rings is 1. The topological polar surface area (TPSA) is 29.9 Å². The Morgan fingerprint density at radius 1 is 1.26 bits per heavy atom. The van der Waals surface area contributed by atoms with Crippen molar-refractivity contribution in [1.82, 2.24) is 15.1 Å². The van der Waals surface area contributed by atoms with E-state index in [1.165, 1.54) is 16.7 Å². The van der Waals surface area contributed by atoms with Gasteiger partial charge in [-0.3, -0.25) is 4.68 Å². The number of hydrogen-bond donors (Lipinski definition) is 1. The Bertz CT molecular complexity index is 528. The highest BCUT2D eigenvalue weighted by Gasteiger charge is 2.06. The summed E-state index contributed by atoms with van der Waals surface area (Å²) < 4.78 is 1.99. The van der Waals surface area contributed by atoms with Crippen molar-refractivity contribution in [3.05, 3.63) is 53.3 Å². The van der Waals surface area contributed by atoms with Gasteiger partial charge in [0, 0.05) is 30.4 Å². The van der Waals surface area contributed by atoms with Crippen LogP contribution in [0.25, 0.3) is 0 Å². The normalized spacial score (nSPS) is 12.9. The van der Waals surface area contributed by atoms with E-state index >= 15 is 0 Å². The summed E-state index contributed by atoms with van der Waals surface area (Å²) >= 11 is 0. The van der Waals surface area contributed by atoms with Gasteiger partial charge in [-0.25, -0.2) is 0 Å². The molecule has 0 radical (unpaired) electrons. The molecular formula is C16H23N3. The summed E-state index contributed by atoms with van der Waals surface area (Å²) in [5, 5.41) is 7.90. The molecule has 1 N–H and O–H groups in total. The van der Waals surface area contributed by atoms with E-state index in [0.717, 1.165) is 6.54 Å². The Morgan fingerprint density at radius 3 is 2.68 bits per heavy atom. The first kappa shape index (κ1) is 13.8. The first-order chi connectivity index (χ1) is 9.06. The van der Waals surface area contributed by atoms with E-state index in [-0.39, 0.29) is 0 Å². The lowest BCUT2D eigenvalue weighted by Gasteiger charge is -2.14. The van der Waals surface area contributed by atoms with Crippen LogP contribution in [0.4, 0.5) is 0 Å². The molecule has 0 saturated carbocycles. The molecule has 0 aliphatic carbocycles.